The van der Waals surface area contributed by atoms with E-state index in [1.165, 1.54) is 0 Å². The lowest BCUT2D eigenvalue weighted by molar-refractivity contribution is 0.0111. The highest BCUT2D eigenvalue weighted by atomic mass is 19.3. The third kappa shape index (κ3) is 3.24. The first-order valence-corrected chi connectivity index (χ1v) is 8.41. The predicted molar refractivity (Wildman–Crippen MR) is 90.4 cm³/mol. The molecule has 0 radical (unpaired) electrons. The van der Waals surface area contributed by atoms with Gasteiger partial charge in [-0.2, -0.15) is 5.10 Å². The van der Waals surface area contributed by atoms with Crippen LogP contribution in [0.3, 0.4) is 0 Å². The van der Waals surface area contributed by atoms with Crippen molar-refractivity contribution in [1.29, 1.82) is 0 Å². The highest BCUT2D eigenvalue weighted by molar-refractivity contribution is 5.51. The monoisotopic (exact) mass is 359 g/mol. The standard InChI is InChI=1S/C18H19F2N5O/c1-12-8-14(24(2)23-12)10-25-11-18(19,20)9-15(25)17-22-21-16(26-17)13-6-4-3-5-7-13/h3-8,15H,9-11H2,1-2H3/t15-/m0/s1. The zero-order valence-corrected chi connectivity index (χ0v) is 14.6. The molecule has 0 unspecified atom stereocenters. The minimum absolute atomic E-state index is 0.222. The number of aromatic nitrogens is 4. The molecule has 136 valence electrons. The van der Waals surface area contributed by atoms with Crippen LogP contribution >= 0.6 is 0 Å². The van der Waals surface area contributed by atoms with E-state index in [9.17, 15) is 8.78 Å². The second-order valence-electron chi connectivity index (χ2n) is 6.69. The molecule has 4 rings (SSSR count). The molecule has 8 heteroatoms. The largest absolute Gasteiger partial charge is 0.419 e. The van der Waals surface area contributed by atoms with E-state index in [0.717, 1.165) is 17.0 Å². The molecule has 1 fully saturated rings. The normalized spacial score (nSPS) is 19.9. The van der Waals surface area contributed by atoms with Crippen molar-refractivity contribution in [3.05, 3.63) is 53.7 Å². The van der Waals surface area contributed by atoms with Gasteiger partial charge in [-0.1, -0.05) is 18.2 Å². The van der Waals surface area contributed by atoms with E-state index < -0.39 is 12.0 Å². The van der Waals surface area contributed by atoms with Gasteiger partial charge in [0.15, 0.2) is 0 Å². The van der Waals surface area contributed by atoms with Crippen molar-refractivity contribution >= 4 is 0 Å². The third-order valence-electron chi connectivity index (χ3n) is 4.58. The maximum absolute atomic E-state index is 14.1. The van der Waals surface area contributed by atoms with E-state index in [0.29, 0.717) is 12.4 Å². The first-order chi connectivity index (χ1) is 12.4. The quantitative estimate of drug-likeness (QED) is 0.715. The summed E-state index contributed by atoms with van der Waals surface area (Å²) in [5.41, 5.74) is 2.49. The number of hydrogen-bond donors (Lipinski definition) is 0. The van der Waals surface area contributed by atoms with Crippen molar-refractivity contribution in [3.8, 4) is 11.5 Å². The summed E-state index contributed by atoms with van der Waals surface area (Å²) in [5, 5.41) is 12.4. The first kappa shape index (κ1) is 16.8. The van der Waals surface area contributed by atoms with Gasteiger partial charge >= 0.3 is 0 Å². The van der Waals surface area contributed by atoms with Crippen LogP contribution in [0.1, 0.15) is 29.7 Å². The molecule has 0 saturated carbocycles. The maximum atomic E-state index is 14.1. The summed E-state index contributed by atoms with van der Waals surface area (Å²) in [7, 11) is 1.81. The van der Waals surface area contributed by atoms with Crippen LogP contribution in [0.15, 0.2) is 40.8 Å². The summed E-state index contributed by atoms with van der Waals surface area (Å²) in [6, 6.07) is 10.6. The Balaban J connectivity index is 1.61. The lowest BCUT2D eigenvalue weighted by Crippen LogP contribution is -2.27. The highest BCUT2D eigenvalue weighted by Crippen LogP contribution is 2.41. The van der Waals surface area contributed by atoms with E-state index in [1.54, 1.807) is 9.58 Å². The summed E-state index contributed by atoms with van der Waals surface area (Å²) < 4.78 is 35.7. The fraction of sp³-hybridized carbons (Fsp3) is 0.389. The Kier molecular flexibility index (Phi) is 4.07. The Bertz CT molecular complexity index is 905. The lowest BCUT2D eigenvalue weighted by atomic mass is 10.2. The molecule has 1 atom stereocenters. The zero-order chi connectivity index (χ0) is 18.3. The molecule has 1 aliphatic rings. The molecule has 0 amide bonds. The van der Waals surface area contributed by atoms with E-state index in [-0.39, 0.29) is 18.9 Å². The topological polar surface area (TPSA) is 60.0 Å². The third-order valence-corrected chi connectivity index (χ3v) is 4.58. The molecular weight excluding hydrogens is 340 g/mol. The van der Waals surface area contributed by atoms with Crippen molar-refractivity contribution < 1.29 is 13.2 Å². The molecule has 1 aliphatic heterocycles. The van der Waals surface area contributed by atoms with Crippen LogP contribution in [0, 0.1) is 6.92 Å². The number of halogens is 2. The van der Waals surface area contributed by atoms with Crippen LogP contribution < -0.4 is 0 Å². The number of hydrogen-bond acceptors (Lipinski definition) is 5. The average Bonchev–Trinajstić information content (AvgIpc) is 3.27. The summed E-state index contributed by atoms with van der Waals surface area (Å²) >= 11 is 0. The van der Waals surface area contributed by atoms with Crippen LogP contribution in [0.2, 0.25) is 0 Å². The summed E-state index contributed by atoms with van der Waals surface area (Å²) in [6.45, 7) is 1.88. The molecule has 0 spiro atoms. The van der Waals surface area contributed by atoms with Gasteiger partial charge in [-0.15, -0.1) is 10.2 Å². The van der Waals surface area contributed by atoms with Crippen molar-refractivity contribution in [1.82, 2.24) is 24.9 Å². The number of nitrogens with zero attached hydrogens (tertiary/aromatic N) is 5. The van der Waals surface area contributed by atoms with Crippen LogP contribution in [0.5, 0.6) is 0 Å². The molecule has 3 aromatic rings. The van der Waals surface area contributed by atoms with Crippen LogP contribution in [-0.4, -0.2) is 37.3 Å². The summed E-state index contributed by atoms with van der Waals surface area (Å²) in [4.78, 5) is 1.68. The minimum atomic E-state index is -2.79. The average molecular weight is 359 g/mol. The number of benzene rings is 1. The SMILES string of the molecule is Cc1cc(CN2CC(F)(F)C[C@H]2c2nnc(-c3ccccc3)o2)n(C)n1. The smallest absolute Gasteiger partial charge is 0.262 e. The Morgan fingerprint density at radius 3 is 2.69 bits per heavy atom. The Labute approximate surface area is 149 Å². The maximum Gasteiger partial charge on any atom is 0.262 e. The number of likely N-dealkylation sites (tertiary alicyclic amines) is 1. The summed E-state index contributed by atoms with van der Waals surface area (Å²) in [5.74, 6) is -2.23. The number of aryl methyl sites for hydroxylation is 2. The molecule has 0 N–H and O–H groups in total. The van der Waals surface area contributed by atoms with Gasteiger partial charge in [0.25, 0.3) is 5.92 Å². The van der Waals surface area contributed by atoms with Crippen LogP contribution in [0.25, 0.3) is 11.5 Å². The van der Waals surface area contributed by atoms with E-state index in [1.807, 2.05) is 50.4 Å². The van der Waals surface area contributed by atoms with Crippen molar-refractivity contribution in [2.45, 2.75) is 31.9 Å². The van der Waals surface area contributed by atoms with Gasteiger partial charge in [0.05, 0.1) is 24.0 Å². The Morgan fingerprint density at radius 1 is 1.23 bits per heavy atom. The van der Waals surface area contributed by atoms with Gasteiger partial charge in [0, 0.05) is 25.6 Å². The van der Waals surface area contributed by atoms with E-state index in [4.69, 9.17) is 4.42 Å². The highest BCUT2D eigenvalue weighted by Gasteiger charge is 2.47. The van der Waals surface area contributed by atoms with Gasteiger partial charge in [-0.3, -0.25) is 9.58 Å². The molecule has 6 nitrogen and oxygen atoms in total. The Morgan fingerprint density at radius 2 is 2.00 bits per heavy atom. The number of rotatable bonds is 4. The number of alkyl halides is 2. The molecule has 0 bridgehead atoms. The molecule has 1 saturated heterocycles. The second-order valence-corrected chi connectivity index (χ2v) is 6.69. The molecular formula is C18H19F2N5O. The lowest BCUT2D eigenvalue weighted by Gasteiger charge is -2.20. The summed E-state index contributed by atoms with van der Waals surface area (Å²) in [6.07, 6.45) is -0.333. The second kappa shape index (κ2) is 6.28. The van der Waals surface area contributed by atoms with Crippen molar-refractivity contribution in [2.24, 2.45) is 7.05 Å². The minimum Gasteiger partial charge on any atom is -0.419 e. The molecule has 3 heterocycles. The van der Waals surface area contributed by atoms with Gasteiger partial charge in [0.1, 0.15) is 0 Å². The van der Waals surface area contributed by atoms with Gasteiger partial charge in [-0.05, 0) is 25.1 Å². The molecule has 1 aromatic carbocycles. The fourth-order valence-corrected chi connectivity index (χ4v) is 3.38. The van der Waals surface area contributed by atoms with Gasteiger partial charge in [-0.25, -0.2) is 8.78 Å². The van der Waals surface area contributed by atoms with Crippen LogP contribution in [-0.2, 0) is 13.6 Å². The van der Waals surface area contributed by atoms with Gasteiger partial charge < -0.3 is 4.42 Å². The Hall–Kier alpha value is -2.61. The zero-order valence-electron chi connectivity index (χ0n) is 14.6. The van der Waals surface area contributed by atoms with Crippen molar-refractivity contribution in [3.63, 3.8) is 0 Å². The molecule has 0 aliphatic carbocycles. The fourth-order valence-electron chi connectivity index (χ4n) is 3.38. The van der Waals surface area contributed by atoms with E-state index in [2.05, 4.69) is 15.3 Å². The van der Waals surface area contributed by atoms with Gasteiger partial charge in [0.2, 0.25) is 11.8 Å². The first-order valence-electron chi connectivity index (χ1n) is 8.41. The van der Waals surface area contributed by atoms with Crippen LogP contribution in [0.4, 0.5) is 8.78 Å². The molecule has 2 aromatic heterocycles. The van der Waals surface area contributed by atoms with E-state index >= 15 is 0 Å². The predicted octanol–water partition coefficient (Wildman–Crippen LogP) is 3.36. The molecule has 26 heavy (non-hydrogen) atoms. The van der Waals surface area contributed by atoms with Crippen molar-refractivity contribution in [2.75, 3.05) is 6.54 Å².